The number of hydrogen-bond acceptors (Lipinski definition) is 4. The Kier molecular flexibility index (Phi) is 11.6. The Balaban J connectivity index is 2.04. The number of ether oxygens (including phenoxy) is 1. The lowest BCUT2D eigenvalue weighted by Gasteiger charge is -2.22. The number of nitrogens with zero attached hydrogens (tertiary/aromatic N) is 1. The molecule has 1 rings (SSSR count). The molecule has 1 saturated heterocycles. The van der Waals surface area contributed by atoms with Gasteiger partial charge in [-0.2, -0.15) is 0 Å². The molecule has 2 unspecified atom stereocenters. The second-order valence-corrected chi connectivity index (χ2v) is 11.1. The van der Waals surface area contributed by atoms with Gasteiger partial charge >= 0.3 is 0 Å². The van der Waals surface area contributed by atoms with Crippen LogP contribution in [0.15, 0.2) is 0 Å². The Morgan fingerprint density at radius 2 is 1.37 bits per heavy atom. The summed E-state index contributed by atoms with van der Waals surface area (Å²) in [5.41, 5.74) is -0.393. The van der Waals surface area contributed by atoms with Crippen molar-refractivity contribution in [2.75, 3.05) is 13.2 Å². The molecule has 0 aromatic heterocycles. The maximum Gasteiger partial charge on any atom is 0.224 e. The first-order chi connectivity index (χ1) is 13.9. The molecule has 30 heavy (non-hydrogen) atoms. The first-order valence-corrected chi connectivity index (χ1v) is 12.0. The molecule has 1 amide bonds. The molecule has 1 N–H and O–H groups in total. The van der Waals surface area contributed by atoms with Crippen LogP contribution in [0.3, 0.4) is 0 Å². The number of rotatable bonds is 13. The van der Waals surface area contributed by atoms with E-state index in [2.05, 4.69) is 0 Å². The van der Waals surface area contributed by atoms with E-state index in [1.165, 1.54) is 19.3 Å². The van der Waals surface area contributed by atoms with Crippen molar-refractivity contribution in [3.63, 3.8) is 0 Å². The van der Waals surface area contributed by atoms with Gasteiger partial charge in [-0.15, -0.1) is 0 Å². The first-order valence-electron chi connectivity index (χ1n) is 12.0. The molecule has 0 aromatic carbocycles. The third kappa shape index (κ3) is 11.5. The van der Waals surface area contributed by atoms with Crippen molar-refractivity contribution < 1.29 is 19.4 Å². The highest BCUT2D eigenvalue weighted by Crippen LogP contribution is 2.25. The molecule has 0 bridgehead atoms. The van der Waals surface area contributed by atoms with Gasteiger partial charge in [-0.05, 0) is 40.0 Å². The zero-order valence-electron chi connectivity index (χ0n) is 20.5. The molecule has 5 heteroatoms. The highest BCUT2D eigenvalue weighted by molar-refractivity contribution is 5.83. The van der Waals surface area contributed by atoms with E-state index in [-0.39, 0.29) is 22.8 Å². The summed E-state index contributed by atoms with van der Waals surface area (Å²) in [5.74, 6) is 0.662. The van der Waals surface area contributed by atoms with Crippen molar-refractivity contribution in [2.45, 2.75) is 124 Å². The SMILES string of the molecule is CC(C)(C)OCC1CC(O)N(C(=O)CCCCCCCCCCC(=O)C(C)(C)C)C1. The first kappa shape index (κ1) is 27.1. The number of aliphatic hydroxyl groups is 1. The van der Waals surface area contributed by atoms with E-state index in [4.69, 9.17) is 4.74 Å². The molecule has 0 radical (unpaired) electrons. The predicted octanol–water partition coefficient (Wildman–Crippen LogP) is 5.48. The molecule has 0 spiro atoms. The van der Waals surface area contributed by atoms with Crippen molar-refractivity contribution in [1.82, 2.24) is 4.90 Å². The van der Waals surface area contributed by atoms with Crippen LogP contribution < -0.4 is 0 Å². The van der Waals surface area contributed by atoms with Gasteiger partial charge in [-0.25, -0.2) is 0 Å². The molecule has 2 atom stereocenters. The van der Waals surface area contributed by atoms with Gasteiger partial charge in [0, 0.05) is 30.7 Å². The molecular weight excluding hydrogens is 378 g/mol. The second-order valence-electron chi connectivity index (χ2n) is 11.1. The fourth-order valence-electron chi connectivity index (χ4n) is 3.80. The fourth-order valence-corrected chi connectivity index (χ4v) is 3.80. The maximum absolute atomic E-state index is 12.4. The summed E-state index contributed by atoms with van der Waals surface area (Å²) >= 11 is 0. The molecule has 176 valence electrons. The summed E-state index contributed by atoms with van der Waals surface area (Å²) in [6, 6.07) is 0. The van der Waals surface area contributed by atoms with Crippen LogP contribution in [0.5, 0.6) is 0 Å². The van der Waals surface area contributed by atoms with Crippen LogP contribution in [0.2, 0.25) is 0 Å². The zero-order chi connectivity index (χ0) is 22.8. The smallest absolute Gasteiger partial charge is 0.224 e. The minimum Gasteiger partial charge on any atom is -0.376 e. The number of aliphatic hydroxyl groups excluding tert-OH is 1. The van der Waals surface area contributed by atoms with Crippen LogP contribution >= 0.6 is 0 Å². The van der Waals surface area contributed by atoms with E-state index < -0.39 is 6.23 Å². The van der Waals surface area contributed by atoms with Gasteiger partial charge in [0.25, 0.3) is 0 Å². The number of hydrogen-bond donors (Lipinski definition) is 1. The normalized spacial score (nSPS) is 20.0. The van der Waals surface area contributed by atoms with Gasteiger partial charge in [-0.1, -0.05) is 59.3 Å². The molecule has 1 aliphatic heterocycles. The van der Waals surface area contributed by atoms with Crippen molar-refractivity contribution in [3.8, 4) is 0 Å². The summed E-state index contributed by atoms with van der Waals surface area (Å²) in [5, 5.41) is 10.2. The van der Waals surface area contributed by atoms with E-state index in [1.54, 1.807) is 4.90 Å². The predicted molar refractivity (Wildman–Crippen MR) is 122 cm³/mol. The van der Waals surface area contributed by atoms with Crippen LogP contribution in [0, 0.1) is 11.3 Å². The molecule has 1 aliphatic rings. The maximum atomic E-state index is 12.4. The van der Waals surface area contributed by atoms with E-state index in [0.717, 1.165) is 32.1 Å². The summed E-state index contributed by atoms with van der Waals surface area (Å²) in [4.78, 5) is 25.9. The monoisotopic (exact) mass is 425 g/mol. The zero-order valence-corrected chi connectivity index (χ0v) is 20.5. The van der Waals surface area contributed by atoms with Crippen molar-refractivity contribution in [1.29, 1.82) is 0 Å². The molecule has 0 aromatic rings. The lowest BCUT2D eigenvalue weighted by atomic mass is 9.88. The molecule has 1 fully saturated rings. The minimum absolute atomic E-state index is 0.0734. The summed E-state index contributed by atoms with van der Waals surface area (Å²) < 4.78 is 5.81. The van der Waals surface area contributed by atoms with Crippen LogP contribution in [0.4, 0.5) is 0 Å². The second kappa shape index (κ2) is 12.8. The third-order valence-electron chi connectivity index (χ3n) is 5.81. The van der Waals surface area contributed by atoms with Crippen LogP contribution in [0.1, 0.15) is 112 Å². The highest BCUT2D eigenvalue weighted by Gasteiger charge is 2.34. The van der Waals surface area contributed by atoms with Gasteiger partial charge in [-0.3, -0.25) is 9.59 Å². The molecule has 0 aliphatic carbocycles. The third-order valence-corrected chi connectivity index (χ3v) is 5.81. The largest absolute Gasteiger partial charge is 0.376 e. The summed E-state index contributed by atoms with van der Waals surface area (Å²) in [6.07, 6.45) is 10.0. The lowest BCUT2D eigenvalue weighted by Crippen LogP contribution is -2.35. The average Bonchev–Trinajstić information content (AvgIpc) is 3.00. The van der Waals surface area contributed by atoms with Crippen LogP contribution in [0.25, 0.3) is 0 Å². The highest BCUT2D eigenvalue weighted by atomic mass is 16.5. The summed E-state index contributed by atoms with van der Waals surface area (Å²) in [7, 11) is 0. The molecule has 5 nitrogen and oxygen atoms in total. The van der Waals surface area contributed by atoms with Crippen LogP contribution in [-0.4, -0.2) is 46.7 Å². The number of Topliss-reactive ketones (excluding diaryl/α,β-unsaturated/α-hetero) is 1. The van der Waals surface area contributed by atoms with E-state index in [9.17, 15) is 14.7 Å². The van der Waals surface area contributed by atoms with Crippen molar-refractivity contribution >= 4 is 11.7 Å². The molecule has 1 heterocycles. The Bertz CT molecular complexity index is 518. The Hall–Kier alpha value is -0.940. The molecule has 0 saturated carbocycles. The molecular formula is C25H47NO4. The van der Waals surface area contributed by atoms with E-state index in [1.807, 2.05) is 41.5 Å². The van der Waals surface area contributed by atoms with Crippen LogP contribution in [-0.2, 0) is 14.3 Å². The number of ketones is 1. The Morgan fingerprint density at radius 1 is 0.867 bits per heavy atom. The quantitative estimate of drug-likeness (QED) is 0.397. The van der Waals surface area contributed by atoms with Crippen molar-refractivity contribution in [2.24, 2.45) is 11.3 Å². The van der Waals surface area contributed by atoms with E-state index in [0.29, 0.717) is 38.2 Å². The van der Waals surface area contributed by atoms with Gasteiger partial charge in [0.2, 0.25) is 5.91 Å². The number of amides is 1. The van der Waals surface area contributed by atoms with Gasteiger partial charge < -0.3 is 14.7 Å². The van der Waals surface area contributed by atoms with Gasteiger partial charge in [0.05, 0.1) is 12.2 Å². The Morgan fingerprint density at radius 3 is 1.87 bits per heavy atom. The number of likely N-dealkylation sites (tertiary alicyclic amines) is 1. The van der Waals surface area contributed by atoms with E-state index >= 15 is 0 Å². The van der Waals surface area contributed by atoms with Gasteiger partial charge in [0.1, 0.15) is 12.0 Å². The van der Waals surface area contributed by atoms with Crippen molar-refractivity contribution in [3.05, 3.63) is 0 Å². The Labute approximate surface area is 184 Å². The summed E-state index contributed by atoms with van der Waals surface area (Å²) in [6.45, 7) is 13.2. The fraction of sp³-hybridized carbons (Fsp3) is 0.920. The topological polar surface area (TPSA) is 66.8 Å². The minimum atomic E-state index is -0.656. The number of carbonyl (C=O) groups excluding carboxylic acids is 2. The average molecular weight is 426 g/mol. The number of unbranched alkanes of at least 4 members (excludes halogenated alkanes) is 7. The van der Waals surface area contributed by atoms with Gasteiger partial charge in [0.15, 0.2) is 0 Å². The lowest BCUT2D eigenvalue weighted by molar-refractivity contribution is -0.138. The standard InChI is InChI=1S/C25H47NO4/c1-24(2,3)21(27)15-13-11-9-7-8-10-12-14-16-22(28)26-18-20(17-23(26)29)19-30-25(4,5)6/h20,23,29H,7-19H2,1-6H3. The number of carbonyl (C=O) groups is 2.